The number of rotatable bonds is 6. The van der Waals surface area contributed by atoms with Gasteiger partial charge in [-0.1, -0.05) is 42.5 Å². The normalized spacial score (nSPS) is 15.8. The van der Waals surface area contributed by atoms with Gasteiger partial charge in [0.15, 0.2) is 6.04 Å². The number of esters is 1. The molecular formula is C20H21NO4. The standard InChI is InChI=1S/C20H21NO4/c1-24-16-10-8-15(9-11-16)20(12-13-20)19(23)21-17(18(22)25-2)14-6-4-3-5-7-14/h3-11,17H,12-13H2,1-2H3,(H,21,23). The minimum atomic E-state index is -0.811. The van der Waals surface area contributed by atoms with E-state index in [1.165, 1.54) is 7.11 Å². The number of ether oxygens (including phenoxy) is 2. The number of hydrogen-bond donors (Lipinski definition) is 1. The summed E-state index contributed by atoms with van der Waals surface area (Å²) >= 11 is 0. The van der Waals surface area contributed by atoms with Crippen LogP contribution in [0.3, 0.4) is 0 Å². The molecule has 1 fully saturated rings. The third-order valence-corrected chi connectivity index (χ3v) is 4.67. The Labute approximate surface area is 147 Å². The predicted octanol–water partition coefficient (Wildman–Crippen LogP) is 2.76. The van der Waals surface area contributed by atoms with E-state index < -0.39 is 17.4 Å². The highest BCUT2D eigenvalue weighted by molar-refractivity contribution is 5.94. The smallest absolute Gasteiger partial charge is 0.333 e. The van der Waals surface area contributed by atoms with E-state index in [9.17, 15) is 9.59 Å². The second-order valence-corrected chi connectivity index (χ2v) is 6.15. The Morgan fingerprint density at radius 1 is 1.00 bits per heavy atom. The molecule has 1 aliphatic rings. The minimum absolute atomic E-state index is 0.156. The van der Waals surface area contributed by atoms with Crippen LogP contribution in [0.2, 0.25) is 0 Å². The summed E-state index contributed by atoms with van der Waals surface area (Å²) in [6.45, 7) is 0. The third-order valence-electron chi connectivity index (χ3n) is 4.67. The Morgan fingerprint density at radius 2 is 1.64 bits per heavy atom. The van der Waals surface area contributed by atoms with Crippen molar-refractivity contribution in [1.29, 1.82) is 0 Å². The lowest BCUT2D eigenvalue weighted by atomic mass is 9.94. The summed E-state index contributed by atoms with van der Waals surface area (Å²) in [5, 5.41) is 2.87. The zero-order valence-electron chi connectivity index (χ0n) is 14.3. The van der Waals surface area contributed by atoms with Crippen LogP contribution in [0.4, 0.5) is 0 Å². The highest BCUT2D eigenvalue weighted by atomic mass is 16.5. The average molecular weight is 339 g/mol. The maximum absolute atomic E-state index is 12.9. The summed E-state index contributed by atoms with van der Waals surface area (Å²) in [6, 6.07) is 15.8. The van der Waals surface area contributed by atoms with E-state index in [0.29, 0.717) is 5.56 Å². The van der Waals surface area contributed by atoms with Crippen LogP contribution in [0.25, 0.3) is 0 Å². The largest absolute Gasteiger partial charge is 0.497 e. The lowest BCUT2D eigenvalue weighted by molar-refractivity contribution is -0.145. The molecule has 0 spiro atoms. The first-order chi connectivity index (χ1) is 12.1. The van der Waals surface area contributed by atoms with Crippen molar-refractivity contribution in [3.05, 3.63) is 65.7 Å². The Bertz CT molecular complexity index is 751. The second kappa shape index (κ2) is 6.97. The number of carbonyl (C=O) groups excluding carboxylic acids is 2. The van der Waals surface area contributed by atoms with Gasteiger partial charge in [-0.3, -0.25) is 4.79 Å². The van der Waals surface area contributed by atoms with Gasteiger partial charge >= 0.3 is 5.97 Å². The van der Waals surface area contributed by atoms with Crippen LogP contribution in [-0.4, -0.2) is 26.1 Å². The first-order valence-electron chi connectivity index (χ1n) is 8.19. The summed E-state index contributed by atoms with van der Waals surface area (Å²) in [6.07, 6.45) is 1.52. The summed E-state index contributed by atoms with van der Waals surface area (Å²) in [4.78, 5) is 25.1. The maximum atomic E-state index is 12.9. The van der Waals surface area contributed by atoms with Crippen LogP contribution in [-0.2, 0) is 19.7 Å². The molecule has 0 heterocycles. The molecule has 0 aliphatic heterocycles. The van der Waals surface area contributed by atoms with E-state index in [1.54, 1.807) is 19.2 Å². The van der Waals surface area contributed by atoms with Gasteiger partial charge < -0.3 is 14.8 Å². The first-order valence-corrected chi connectivity index (χ1v) is 8.19. The number of hydrogen-bond acceptors (Lipinski definition) is 4. The van der Waals surface area contributed by atoms with Crippen LogP contribution in [0.5, 0.6) is 5.75 Å². The highest BCUT2D eigenvalue weighted by Crippen LogP contribution is 2.49. The monoisotopic (exact) mass is 339 g/mol. The number of nitrogens with one attached hydrogen (secondary N) is 1. The average Bonchev–Trinajstić information content (AvgIpc) is 3.48. The van der Waals surface area contributed by atoms with Crippen molar-refractivity contribution in [2.45, 2.75) is 24.3 Å². The van der Waals surface area contributed by atoms with Crippen molar-refractivity contribution in [2.24, 2.45) is 0 Å². The van der Waals surface area contributed by atoms with E-state index in [-0.39, 0.29) is 5.91 Å². The van der Waals surface area contributed by atoms with Gasteiger partial charge in [-0.25, -0.2) is 4.79 Å². The molecule has 0 aromatic heterocycles. The topological polar surface area (TPSA) is 64.6 Å². The fourth-order valence-corrected chi connectivity index (χ4v) is 2.99. The molecule has 2 aromatic carbocycles. The van der Waals surface area contributed by atoms with Crippen LogP contribution in [0, 0.1) is 0 Å². The lowest BCUT2D eigenvalue weighted by Gasteiger charge is -2.21. The number of benzene rings is 2. The fourth-order valence-electron chi connectivity index (χ4n) is 2.99. The van der Waals surface area contributed by atoms with Crippen molar-refractivity contribution in [3.63, 3.8) is 0 Å². The van der Waals surface area contributed by atoms with Gasteiger partial charge in [0.1, 0.15) is 5.75 Å². The Kier molecular flexibility index (Phi) is 4.74. The molecule has 3 rings (SSSR count). The first kappa shape index (κ1) is 17.0. The van der Waals surface area contributed by atoms with Gasteiger partial charge in [0.05, 0.1) is 19.6 Å². The fraction of sp³-hybridized carbons (Fsp3) is 0.300. The maximum Gasteiger partial charge on any atom is 0.333 e. The van der Waals surface area contributed by atoms with Crippen molar-refractivity contribution < 1.29 is 19.1 Å². The molecule has 0 bridgehead atoms. The molecule has 1 N–H and O–H groups in total. The van der Waals surface area contributed by atoms with E-state index in [2.05, 4.69) is 5.32 Å². The third kappa shape index (κ3) is 3.36. The molecule has 1 unspecified atom stereocenters. The zero-order chi connectivity index (χ0) is 17.9. The van der Waals surface area contributed by atoms with E-state index in [0.717, 1.165) is 24.2 Å². The van der Waals surface area contributed by atoms with Crippen molar-refractivity contribution in [1.82, 2.24) is 5.32 Å². The van der Waals surface area contributed by atoms with E-state index in [1.807, 2.05) is 42.5 Å². The van der Waals surface area contributed by atoms with Crippen LogP contribution >= 0.6 is 0 Å². The summed E-state index contributed by atoms with van der Waals surface area (Å²) in [5.41, 5.74) is 1.06. The van der Waals surface area contributed by atoms with Gasteiger partial charge in [-0.15, -0.1) is 0 Å². The van der Waals surface area contributed by atoms with Gasteiger partial charge in [0, 0.05) is 0 Å². The number of carbonyl (C=O) groups is 2. The Morgan fingerprint density at radius 3 is 2.16 bits per heavy atom. The summed E-state index contributed by atoms with van der Waals surface area (Å²) in [5.74, 6) is 0.110. The Balaban J connectivity index is 1.82. The molecule has 1 atom stereocenters. The van der Waals surface area contributed by atoms with Crippen LogP contribution in [0.15, 0.2) is 54.6 Å². The van der Waals surface area contributed by atoms with Gasteiger partial charge in [0.2, 0.25) is 5.91 Å². The lowest BCUT2D eigenvalue weighted by Crippen LogP contribution is -2.40. The minimum Gasteiger partial charge on any atom is -0.497 e. The van der Waals surface area contributed by atoms with Crippen molar-refractivity contribution in [3.8, 4) is 5.75 Å². The van der Waals surface area contributed by atoms with E-state index >= 15 is 0 Å². The van der Waals surface area contributed by atoms with Crippen LogP contribution < -0.4 is 10.1 Å². The summed E-state index contributed by atoms with van der Waals surface area (Å²) in [7, 11) is 2.93. The molecule has 0 saturated heterocycles. The predicted molar refractivity (Wildman–Crippen MR) is 93.2 cm³/mol. The molecule has 5 nitrogen and oxygen atoms in total. The molecule has 25 heavy (non-hydrogen) atoms. The molecule has 1 aliphatic carbocycles. The molecule has 1 amide bonds. The highest BCUT2D eigenvalue weighted by Gasteiger charge is 2.52. The second-order valence-electron chi connectivity index (χ2n) is 6.15. The van der Waals surface area contributed by atoms with Gasteiger partial charge in [0.25, 0.3) is 0 Å². The SMILES string of the molecule is COC(=O)C(NC(=O)C1(c2ccc(OC)cc2)CC1)c1ccccc1. The molecular weight excluding hydrogens is 318 g/mol. The molecule has 2 aromatic rings. The van der Waals surface area contributed by atoms with Gasteiger partial charge in [-0.05, 0) is 36.1 Å². The molecule has 130 valence electrons. The van der Waals surface area contributed by atoms with Crippen molar-refractivity contribution >= 4 is 11.9 Å². The Hall–Kier alpha value is -2.82. The van der Waals surface area contributed by atoms with E-state index in [4.69, 9.17) is 9.47 Å². The number of methoxy groups -OCH3 is 2. The van der Waals surface area contributed by atoms with Gasteiger partial charge in [-0.2, -0.15) is 0 Å². The zero-order valence-corrected chi connectivity index (χ0v) is 14.3. The number of amides is 1. The van der Waals surface area contributed by atoms with Crippen LogP contribution in [0.1, 0.15) is 30.0 Å². The quantitative estimate of drug-likeness (QED) is 0.822. The van der Waals surface area contributed by atoms with Crippen molar-refractivity contribution in [2.75, 3.05) is 14.2 Å². The molecule has 0 radical (unpaired) electrons. The summed E-state index contributed by atoms with van der Waals surface area (Å²) < 4.78 is 10.0. The molecule has 1 saturated carbocycles. The molecule has 5 heteroatoms.